The molecule has 4 rings (SSSR count). The minimum atomic E-state index is -4.51. The molecule has 168 valence electrons. The molecule has 0 aliphatic carbocycles. The highest BCUT2D eigenvalue weighted by atomic mass is 19.4. The first-order valence-electron chi connectivity index (χ1n) is 10.7. The van der Waals surface area contributed by atoms with Gasteiger partial charge in [0, 0.05) is 37.7 Å². The van der Waals surface area contributed by atoms with Gasteiger partial charge in [0.15, 0.2) is 0 Å². The van der Waals surface area contributed by atoms with E-state index >= 15 is 0 Å². The number of alkyl halides is 3. The summed E-state index contributed by atoms with van der Waals surface area (Å²) in [6.45, 7) is 2.21. The Morgan fingerprint density at radius 3 is 1.82 bits per heavy atom. The lowest BCUT2D eigenvalue weighted by atomic mass is 9.96. The molecule has 3 aromatic rings. The van der Waals surface area contributed by atoms with Gasteiger partial charge in [-0.05, 0) is 23.3 Å². The molecule has 0 bridgehead atoms. The maximum atomic E-state index is 13.2. The van der Waals surface area contributed by atoms with Gasteiger partial charge in [-0.25, -0.2) is 0 Å². The lowest BCUT2D eigenvalue weighted by molar-refractivity contribution is -0.137. The minimum absolute atomic E-state index is 0.0643. The summed E-state index contributed by atoms with van der Waals surface area (Å²) in [4.78, 5) is 16.5. The molecule has 0 unspecified atom stereocenters. The van der Waals surface area contributed by atoms with Crippen molar-refractivity contribution in [1.29, 1.82) is 0 Å². The maximum Gasteiger partial charge on any atom is 0.417 e. The van der Waals surface area contributed by atoms with Gasteiger partial charge in [-0.15, -0.1) is 0 Å². The zero-order valence-corrected chi connectivity index (χ0v) is 17.9. The van der Waals surface area contributed by atoms with Crippen LogP contribution in [0.1, 0.15) is 28.3 Å². The van der Waals surface area contributed by atoms with E-state index in [9.17, 15) is 18.0 Å². The number of hydrogen-bond acceptors (Lipinski definition) is 2. The predicted octanol–water partition coefficient (Wildman–Crippen LogP) is 4.99. The van der Waals surface area contributed by atoms with Gasteiger partial charge in [0.1, 0.15) is 0 Å². The zero-order valence-electron chi connectivity index (χ0n) is 17.9. The summed E-state index contributed by atoms with van der Waals surface area (Å²) in [5.41, 5.74) is 1.33. The third kappa shape index (κ3) is 5.44. The van der Waals surface area contributed by atoms with Crippen LogP contribution in [0.5, 0.6) is 0 Å². The average Bonchev–Trinajstić information content (AvgIpc) is 2.84. The molecule has 1 amide bonds. The van der Waals surface area contributed by atoms with Crippen molar-refractivity contribution in [2.45, 2.75) is 12.2 Å². The first kappa shape index (κ1) is 22.6. The molecule has 1 heterocycles. The molecular formula is C27H23F3N2O. The van der Waals surface area contributed by atoms with Crippen LogP contribution >= 0.6 is 0 Å². The van der Waals surface area contributed by atoms with Crippen LogP contribution in [0.15, 0.2) is 84.9 Å². The van der Waals surface area contributed by atoms with Crippen molar-refractivity contribution in [2.24, 2.45) is 0 Å². The van der Waals surface area contributed by atoms with E-state index in [0.29, 0.717) is 26.2 Å². The molecule has 0 atom stereocenters. The number of hydrogen-bond donors (Lipinski definition) is 0. The van der Waals surface area contributed by atoms with Crippen LogP contribution in [-0.4, -0.2) is 41.9 Å². The lowest BCUT2D eigenvalue weighted by Crippen LogP contribution is -2.49. The number of carbonyl (C=O) groups excluding carboxylic acids is 1. The van der Waals surface area contributed by atoms with Crippen molar-refractivity contribution in [3.05, 3.63) is 107 Å². The number of benzene rings is 3. The summed E-state index contributed by atoms with van der Waals surface area (Å²) in [5.74, 6) is 4.38. The first-order valence-corrected chi connectivity index (χ1v) is 10.7. The van der Waals surface area contributed by atoms with Gasteiger partial charge in [0.05, 0.1) is 11.6 Å². The highest BCUT2D eigenvalue weighted by molar-refractivity contribution is 5.94. The SMILES string of the molecule is O=C(C#Cc1ccccc1C(F)(F)F)N1CCN(C(c2ccccc2)c2ccccc2)CC1. The largest absolute Gasteiger partial charge is 0.417 e. The molecule has 0 aromatic heterocycles. The van der Waals surface area contributed by atoms with E-state index in [4.69, 9.17) is 0 Å². The van der Waals surface area contributed by atoms with Gasteiger partial charge in [-0.1, -0.05) is 78.7 Å². The van der Waals surface area contributed by atoms with Crippen LogP contribution < -0.4 is 0 Å². The number of carbonyl (C=O) groups is 1. The smallest absolute Gasteiger partial charge is 0.329 e. The molecule has 0 saturated carbocycles. The Hall–Kier alpha value is -3.56. The maximum absolute atomic E-state index is 13.2. The highest BCUT2D eigenvalue weighted by Crippen LogP contribution is 2.31. The Labute approximate surface area is 191 Å². The molecule has 3 aromatic carbocycles. The van der Waals surface area contributed by atoms with Crippen LogP contribution in [0.25, 0.3) is 0 Å². The fourth-order valence-electron chi connectivity index (χ4n) is 4.11. The first-order chi connectivity index (χ1) is 15.9. The number of halogens is 3. The molecule has 1 fully saturated rings. The fraction of sp³-hybridized carbons (Fsp3) is 0.222. The molecule has 1 aliphatic rings. The number of piperazine rings is 1. The Bertz CT molecular complexity index is 1100. The van der Waals surface area contributed by atoms with Crippen LogP contribution in [-0.2, 0) is 11.0 Å². The second-order valence-corrected chi connectivity index (χ2v) is 7.85. The minimum Gasteiger partial charge on any atom is -0.329 e. The standard InChI is InChI=1S/C27H23F3N2O/c28-27(29,30)24-14-8-7-9-21(24)15-16-25(33)31-17-19-32(20-18-31)26(22-10-3-1-4-11-22)23-12-5-2-6-13-23/h1-14,26H,17-20H2. The molecule has 0 radical (unpaired) electrons. The summed E-state index contributed by atoms with van der Waals surface area (Å²) >= 11 is 0. The number of amides is 1. The molecule has 3 nitrogen and oxygen atoms in total. The van der Waals surface area contributed by atoms with Crippen molar-refractivity contribution in [3.63, 3.8) is 0 Å². The molecule has 0 N–H and O–H groups in total. The molecule has 6 heteroatoms. The second-order valence-electron chi connectivity index (χ2n) is 7.85. The summed E-state index contributed by atoms with van der Waals surface area (Å²) < 4.78 is 39.5. The van der Waals surface area contributed by atoms with Crippen LogP contribution in [0, 0.1) is 11.8 Å². The normalized spacial score (nSPS) is 14.6. The second kappa shape index (κ2) is 9.93. The molecule has 0 spiro atoms. The van der Waals surface area contributed by atoms with Crippen LogP contribution in [0.2, 0.25) is 0 Å². The van der Waals surface area contributed by atoms with Gasteiger partial charge in [-0.3, -0.25) is 9.69 Å². The van der Waals surface area contributed by atoms with E-state index in [1.807, 2.05) is 36.4 Å². The zero-order chi connectivity index (χ0) is 23.3. The quantitative estimate of drug-likeness (QED) is 0.527. The fourth-order valence-corrected chi connectivity index (χ4v) is 4.11. The van der Waals surface area contributed by atoms with Crippen molar-refractivity contribution in [2.75, 3.05) is 26.2 Å². The lowest BCUT2D eigenvalue weighted by Gasteiger charge is -2.39. The van der Waals surface area contributed by atoms with E-state index in [0.717, 1.165) is 6.07 Å². The summed E-state index contributed by atoms with van der Waals surface area (Å²) in [7, 11) is 0. The summed E-state index contributed by atoms with van der Waals surface area (Å²) in [6.07, 6.45) is -4.51. The topological polar surface area (TPSA) is 23.6 Å². The van der Waals surface area contributed by atoms with Crippen LogP contribution in [0.4, 0.5) is 13.2 Å². The Morgan fingerprint density at radius 2 is 1.27 bits per heavy atom. The van der Waals surface area contributed by atoms with E-state index < -0.39 is 17.6 Å². The molecule has 33 heavy (non-hydrogen) atoms. The number of rotatable bonds is 3. The Kier molecular flexibility index (Phi) is 6.81. The van der Waals surface area contributed by atoms with E-state index in [1.165, 1.54) is 29.3 Å². The van der Waals surface area contributed by atoms with Crippen LogP contribution in [0.3, 0.4) is 0 Å². The van der Waals surface area contributed by atoms with Crippen molar-refractivity contribution in [3.8, 4) is 11.8 Å². The van der Waals surface area contributed by atoms with Gasteiger partial charge in [-0.2, -0.15) is 13.2 Å². The average molecular weight is 448 g/mol. The third-order valence-corrected chi connectivity index (χ3v) is 5.73. The van der Waals surface area contributed by atoms with Crippen molar-refractivity contribution in [1.82, 2.24) is 9.80 Å². The van der Waals surface area contributed by atoms with Gasteiger partial charge >= 0.3 is 6.18 Å². The summed E-state index contributed by atoms with van der Waals surface area (Å²) in [6, 6.07) is 25.5. The highest BCUT2D eigenvalue weighted by Gasteiger charge is 2.33. The van der Waals surface area contributed by atoms with Gasteiger partial charge in [0.25, 0.3) is 5.91 Å². The predicted molar refractivity (Wildman–Crippen MR) is 121 cm³/mol. The Morgan fingerprint density at radius 1 is 0.758 bits per heavy atom. The monoisotopic (exact) mass is 448 g/mol. The Balaban J connectivity index is 1.47. The van der Waals surface area contributed by atoms with Crippen molar-refractivity contribution >= 4 is 5.91 Å². The van der Waals surface area contributed by atoms with E-state index in [-0.39, 0.29) is 11.6 Å². The van der Waals surface area contributed by atoms with Crippen molar-refractivity contribution < 1.29 is 18.0 Å². The molecular weight excluding hydrogens is 425 g/mol. The van der Waals surface area contributed by atoms with Gasteiger partial charge in [0.2, 0.25) is 0 Å². The number of nitrogens with zero attached hydrogens (tertiary/aromatic N) is 2. The van der Waals surface area contributed by atoms with Gasteiger partial charge < -0.3 is 4.90 Å². The van der Waals surface area contributed by atoms with E-state index in [1.54, 1.807) is 4.90 Å². The summed E-state index contributed by atoms with van der Waals surface area (Å²) in [5, 5.41) is 0. The molecule has 1 aliphatic heterocycles. The molecule has 1 saturated heterocycles. The third-order valence-electron chi connectivity index (χ3n) is 5.73. The van der Waals surface area contributed by atoms with E-state index in [2.05, 4.69) is 41.0 Å².